The van der Waals surface area contributed by atoms with Crippen molar-refractivity contribution in [2.24, 2.45) is 0 Å². The lowest BCUT2D eigenvalue weighted by atomic mass is 9.88. The minimum atomic E-state index is -0.738. The molecule has 1 aromatic rings. The zero-order chi connectivity index (χ0) is 16.4. The van der Waals surface area contributed by atoms with Gasteiger partial charge in [0.25, 0.3) is 0 Å². The van der Waals surface area contributed by atoms with Crippen LogP contribution < -0.4 is 10.6 Å². The lowest BCUT2D eigenvalue weighted by Crippen LogP contribution is -2.46. The van der Waals surface area contributed by atoms with E-state index in [4.69, 9.17) is 16.3 Å². The predicted molar refractivity (Wildman–Crippen MR) is 86.4 cm³/mol. The van der Waals surface area contributed by atoms with Crippen LogP contribution in [0.5, 0.6) is 0 Å². The first-order valence-electron chi connectivity index (χ1n) is 7.71. The lowest BCUT2D eigenvalue weighted by Gasteiger charge is -2.35. The summed E-state index contributed by atoms with van der Waals surface area (Å²) in [7, 11) is 0. The number of carbonyl (C=O) groups excluding carboxylic acids is 2. The molecule has 2 heterocycles. The summed E-state index contributed by atoms with van der Waals surface area (Å²) in [5.74, 6) is -0.228. The van der Waals surface area contributed by atoms with E-state index in [0.717, 1.165) is 24.2 Å². The van der Waals surface area contributed by atoms with Gasteiger partial charge in [0.2, 0.25) is 5.91 Å². The third-order valence-electron chi connectivity index (χ3n) is 4.41. The third-order valence-corrected chi connectivity index (χ3v) is 4.82. The molecular weight excluding hydrogens is 318 g/mol. The molecule has 0 spiro atoms. The Bertz CT molecular complexity index is 611. The fourth-order valence-corrected chi connectivity index (χ4v) is 3.18. The van der Waals surface area contributed by atoms with Crippen molar-refractivity contribution < 1.29 is 14.3 Å². The number of rotatable bonds is 3. The molecule has 2 aliphatic rings. The topological polar surface area (TPSA) is 70.7 Å². The predicted octanol–water partition coefficient (Wildman–Crippen LogP) is 1.41. The molecule has 0 aromatic heterocycles. The molecule has 2 fully saturated rings. The van der Waals surface area contributed by atoms with E-state index in [2.05, 4.69) is 10.6 Å². The highest BCUT2D eigenvalue weighted by Crippen LogP contribution is 2.34. The Balaban J connectivity index is 1.97. The number of hydrogen-bond acceptors (Lipinski definition) is 4. The molecule has 0 radical (unpaired) electrons. The average molecular weight is 338 g/mol. The van der Waals surface area contributed by atoms with Crippen LogP contribution in [0.4, 0.5) is 4.79 Å². The number of urea groups is 1. The highest BCUT2D eigenvalue weighted by molar-refractivity contribution is 6.31. The molecule has 7 heteroatoms. The van der Waals surface area contributed by atoms with Crippen molar-refractivity contribution in [2.45, 2.75) is 18.9 Å². The van der Waals surface area contributed by atoms with E-state index in [0.29, 0.717) is 18.1 Å². The second-order valence-electron chi connectivity index (χ2n) is 5.95. The van der Waals surface area contributed by atoms with E-state index in [1.165, 1.54) is 4.90 Å². The molecule has 3 rings (SSSR count). The van der Waals surface area contributed by atoms with E-state index >= 15 is 0 Å². The molecule has 6 nitrogen and oxygen atoms in total. The van der Waals surface area contributed by atoms with E-state index in [9.17, 15) is 9.59 Å². The summed E-state index contributed by atoms with van der Waals surface area (Å²) in [6.07, 6.45) is 0.656. The summed E-state index contributed by atoms with van der Waals surface area (Å²) in [6.45, 7) is 4.16. The van der Waals surface area contributed by atoms with Gasteiger partial charge in [0.1, 0.15) is 5.60 Å². The largest absolute Gasteiger partial charge is 0.367 e. The second-order valence-corrected chi connectivity index (χ2v) is 6.35. The van der Waals surface area contributed by atoms with Gasteiger partial charge in [-0.05, 0) is 37.1 Å². The number of nitrogens with one attached hydrogen (secondary N) is 2. The smallest absolute Gasteiger partial charge is 0.324 e. The van der Waals surface area contributed by atoms with Gasteiger partial charge in [0.15, 0.2) is 0 Å². The maximum Gasteiger partial charge on any atom is 0.324 e. The van der Waals surface area contributed by atoms with E-state index in [1.54, 1.807) is 0 Å². The number of hydrogen-bond donors (Lipinski definition) is 2. The van der Waals surface area contributed by atoms with Gasteiger partial charge >= 0.3 is 6.03 Å². The Hall–Kier alpha value is -1.63. The SMILES string of the molecule is Cc1ccc([C@@]2(CN3C(=O)CNC3=O)CCNCCO2)cc1Cl. The number of nitrogens with zero attached hydrogens (tertiary/aromatic N) is 1. The van der Waals surface area contributed by atoms with Crippen LogP contribution in [0.3, 0.4) is 0 Å². The zero-order valence-corrected chi connectivity index (χ0v) is 13.8. The van der Waals surface area contributed by atoms with Crippen molar-refractivity contribution in [3.05, 3.63) is 34.3 Å². The standard InChI is InChI=1S/C16H20ClN3O3/c1-11-2-3-12(8-13(11)17)16(4-5-18-6-7-23-16)10-20-14(21)9-19-15(20)22/h2-3,8,18H,4-7,9-10H2,1H3,(H,19,22)/t16-/m0/s1. The van der Waals surface area contributed by atoms with Crippen molar-refractivity contribution in [2.75, 3.05) is 32.8 Å². The van der Waals surface area contributed by atoms with Gasteiger partial charge in [-0.3, -0.25) is 9.69 Å². The quantitative estimate of drug-likeness (QED) is 0.818. The number of amides is 3. The van der Waals surface area contributed by atoms with E-state index in [-0.39, 0.29) is 25.0 Å². The normalized spacial score (nSPS) is 25.4. The van der Waals surface area contributed by atoms with Gasteiger partial charge in [0, 0.05) is 11.6 Å². The molecular formula is C16H20ClN3O3. The first-order chi connectivity index (χ1) is 11.0. The van der Waals surface area contributed by atoms with Crippen molar-refractivity contribution in [3.8, 4) is 0 Å². The summed E-state index contributed by atoms with van der Waals surface area (Å²) in [6, 6.07) is 5.41. The van der Waals surface area contributed by atoms with Gasteiger partial charge < -0.3 is 15.4 Å². The van der Waals surface area contributed by atoms with Crippen LogP contribution in [0.1, 0.15) is 17.5 Å². The maximum absolute atomic E-state index is 12.0. The summed E-state index contributed by atoms with van der Waals surface area (Å²) in [4.78, 5) is 25.2. The molecule has 2 N–H and O–H groups in total. The number of aryl methyl sites for hydroxylation is 1. The molecule has 0 unspecified atom stereocenters. The van der Waals surface area contributed by atoms with Crippen molar-refractivity contribution in [1.82, 2.24) is 15.5 Å². The molecule has 124 valence electrons. The first kappa shape index (κ1) is 16.2. The van der Waals surface area contributed by atoms with Crippen LogP contribution in [0.15, 0.2) is 18.2 Å². The van der Waals surface area contributed by atoms with Crippen molar-refractivity contribution in [3.63, 3.8) is 0 Å². The lowest BCUT2D eigenvalue weighted by molar-refractivity contribution is -0.130. The monoisotopic (exact) mass is 337 g/mol. The maximum atomic E-state index is 12.0. The Labute approximate surface area is 140 Å². The summed E-state index contributed by atoms with van der Waals surface area (Å²) in [5, 5.41) is 6.49. The molecule has 2 saturated heterocycles. The van der Waals surface area contributed by atoms with Crippen LogP contribution in [-0.4, -0.2) is 49.6 Å². The van der Waals surface area contributed by atoms with Crippen LogP contribution in [-0.2, 0) is 15.1 Å². The number of halogens is 1. The first-order valence-corrected chi connectivity index (χ1v) is 8.09. The Kier molecular flexibility index (Phi) is 4.57. The summed E-state index contributed by atoms with van der Waals surface area (Å²) < 4.78 is 6.14. The molecule has 23 heavy (non-hydrogen) atoms. The van der Waals surface area contributed by atoms with Crippen LogP contribution in [0, 0.1) is 6.92 Å². The minimum Gasteiger partial charge on any atom is -0.367 e. The Morgan fingerprint density at radius 1 is 1.35 bits per heavy atom. The van der Waals surface area contributed by atoms with E-state index < -0.39 is 5.60 Å². The van der Waals surface area contributed by atoms with Gasteiger partial charge in [-0.25, -0.2) is 4.79 Å². The number of imide groups is 1. The molecule has 1 aromatic carbocycles. The molecule has 0 bridgehead atoms. The fraction of sp³-hybridized carbons (Fsp3) is 0.500. The minimum absolute atomic E-state index is 0.0435. The zero-order valence-electron chi connectivity index (χ0n) is 13.0. The Morgan fingerprint density at radius 2 is 2.17 bits per heavy atom. The molecule has 1 atom stereocenters. The number of ether oxygens (including phenoxy) is 1. The third kappa shape index (κ3) is 3.20. The summed E-state index contributed by atoms with van der Waals surface area (Å²) >= 11 is 6.28. The highest BCUT2D eigenvalue weighted by Gasteiger charge is 2.41. The van der Waals surface area contributed by atoms with Crippen molar-refractivity contribution >= 4 is 23.5 Å². The highest BCUT2D eigenvalue weighted by atomic mass is 35.5. The van der Waals surface area contributed by atoms with E-state index in [1.807, 2.05) is 25.1 Å². The van der Waals surface area contributed by atoms with Gasteiger partial charge in [-0.2, -0.15) is 0 Å². The number of benzene rings is 1. The van der Waals surface area contributed by atoms with Crippen LogP contribution in [0.2, 0.25) is 5.02 Å². The van der Waals surface area contributed by atoms with Crippen molar-refractivity contribution in [1.29, 1.82) is 0 Å². The molecule has 3 amide bonds. The Morgan fingerprint density at radius 3 is 2.87 bits per heavy atom. The second kappa shape index (κ2) is 6.47. The van der Waals surface area contributed by atoms with Gasteiger partial charge in [0.05, 0.1) is 19.7 Å². The van der Waals surface area contributed by atoms with Crippen LogP contribution >= 0.6 is 11.6 Å². The average Bonchev–Trinajstić information content (AvgIpc) is 2.75. The number of carbonyl (C=O) groups is 2. The summed E-state index contributed by atoms with van der Waals surface area (Å²) in [5.41, 5.74) is 1.13. The van der Waals surface area contributed by atoms with Gasteiger partial charge in [-0.1, -0.05) is 23.7 Å². The molecule has 2 aliphatic heterocycles. The van der Waals surface area contributed by atoms with Gasteiger partial charge in [-0.15, -0.1) is 0 Å². The molecule has 0 saturated carbocycles. The fourth-order valence-electron chi connectivity index (χ4n) is 3.00. The van der Waals surface area contributed by atoms with Crippen LogP contribution in [0.25, 0.3) is 0 Å². The molecule has 0 aliphatic carbocycles.